The number of aromatic nitrogens is 4. The molecule has 0 fully saturated rings. The molecule has 0 bridgehead atoms. The van der Waals surface area contributed by atoms with Gasteiger partial charge in [0, 0.05) is 24.7 Å². The summed E-state index contributed by atoms with van der Waals surface area (Å²) in [6.45, 7) is 0.723. The summed E-state index contributed by atoms with van der Waals surface area (Å²) in [4.78, 5) is 8.18. The van der Waals surface area contributed by atoms with Crippen LogP contribution in [0.15, 0.2) is 56.0 Å². The van der Waals surface area contributed by atoms with Crippen molar-refractivity contribution in [3.8, 4) is 0 Å². The molecule has 2 N–H and O–H groups in total. The highest BCUT2D eigenvalue weighted by atomic mass is 79.9. The van der Waals surface area contributed by atoms with Crippen molar-refractivity contribution >= 4 is 39.2 Å². The minimum atomic E-state index is -0.406. The topological polar surface area (TPSA) is 101 Å². The third kappa shape index (κ3) is 4.44. The molecule has 0 radical (unpaired) electrons. The van der Waals surface area contributed by atoms with Crippen LogP contribution in [0, 0.1) is 5.82 Å². The molecule has 3 rings (SSSR count). The van der Waals surface area contributed by atoms with E-state index in [1.165, 1.54) is 30.0 Å². The maximum absolute atomic E-state index is 13.3. The summed E-state index contributed by atoms with van der Waals surface area (Å²) in [5.41, 5.74) is 2.66. The largest absolute Gasteiger partial charge is 0.337 e. The molecule has 0 spiro atoms. The fraction of sp³-hybridized carbons (Fsp3) is 0.143. The minimum absolute atomic E-state index is 0.0462. The van der Waals surface area contributed by atoms with Gasteiger partial charge in [0.1, 0.15) is 5.82 Å². The maximum Gasteiger partial charge on any atom is 0.186 e. The lowest BCUT2D eigenvalue weighted by Crippen LogP contribution is -2.21. The molecule has 0 unspecified atom stereocenters. The second kappa shape index (κ2) is 8.23. The lowest BCUT2D eigenvalue weighted by atomic mass is 10.3. The molecule has 2 heterocycles. The highest BCUT2D eigenvalue weighted by Gasteiger charge is 2.17. The van der Waals surface area contributed by atoms with Gasteiger partial charge in [-0.15, -0.1) is 0 Å². The van der Waals surface area contributed by atoms with Crippen LogP contribution in [0.1, 0.15) is 5.69 Å². The smallest absolute Gasteiger partial charge is 0.186 e. The van der Waals surface area contributed by atoms with Crippen molar-refractivity contribution in [3.63, 3.8) is 0 Å². The van der Waals surface area contributed by atoms with Crippen molar-refractivity contribution in [2.24, 2.45) is 4.99 Å². The molecule has 0 aliphatic heterocycles. The second-order valence-corrected chi connectivity index (χ2v) is 6.68. The van der Waals surface area contributed by atoms with E-state index < -0.39 is 5.82 Å². The zero-order valence-corrected chi connectivity index (χ0v) is 15.0. The molecule has 1 aromatic carbocycles. The average Bonchev–Trinajstić information content (AvgIpc) is 3.28. The van der Waals surface area contributed by atoms with Gasteiger partial charge in [0.05, 0.1) is 16.5 Å². The second-order valence-electron chi connectivity index (χ2n) is 4.74. The van der Waals surface area contributed by atoms with Crippen molar-refractivity contribution < 1.29 is 14.2 Å². The number of benzene rings is 1. The third-order valence-electron chi connectivity index (χ3n) is 3.08. The number of hydrogen-bond acceptors (Lipinski definition) is 7. The summed E-state index contributed by atoms with van der Waals surface area (Å²) in [6.07, 6.45) is 5.28. The van der Waals surface area contributed by atoms with Gasteiger partial charge in [0.15, 0.2) is 16.6 Å². The van der Waals surface area contributed by atoms with Crippen LogP contribution in [-0.2, 0) is 6.54 Å². The number of aliphatic imine (C=N–C) groups is 1. The molecule has 0 amide bonds. The van der Waals surface area contributed by atoms with Gasteiger partial charge >= 0.3 is 0 Å². The third-order valence-corrected chi connectivity index (χ3v) is 4.62. The highest BCUT2D eigenvalue weighted by molar-refractivity contribution is 9.10. The van der Waals surface area contributed by atoms with Crippen LogP contribution < -0.4 is 5.48 Å². The number of aryl methyl sites for hydroxylation is 1. The predicted octanol–water partition coefficient (Wildman–Crippen LogP) is 3.02. The fourth-order valence-electron chi connectivity index (χ4n) is 1.90. The van der Waals surface area contributed by atoms with Gasteiger partial charge in [0.2, 0.25) is 0 Å². The molecule has 0 aliphatic carbocycles. The Kier molecular flexibility index (Phi) is 5.79. The highest BCUT2D eigenvalue weighted by Crippen LogP contribution is 2.24. The molecule has 0 atom stereocenters. The molecular formula is C14H12BrFN6O2S. The lowest BCUT2D eigenvalue weighted by molar-refractivity contribution is 0.234. The first-order chi connectivity index (χ1) is 12.2. The zero-order valence-electron chi connectivity index (χ0n) is 12.6. The number of nitrogens with one attached hydrogen (secondary N) is 1. The van der Waals surface area contributed by atoms with Crippen LogP contribution in [-0.4, -0.2) is 36.7 Å². The van der Waals surface area contributed by atoms with E-state index in [2.05, 4.69) is 36.2 Å². The Morgan fingerprint density at radius 1 is 1.44 bits per heavy atom. The quantitative estimate of drug-likeness (QED) is 0.270. The standard InChI is InChI=1S/C14H12BrFN6O2S/c15-10-7-9(1-2-11(10)16)18-13(19-23)12-14(21-24-20-12)25-6-5-22-4-3-17-8-22/h1-4,7-8,23H,5-6H2,(H,18,19). The van der Waals surface area contributed by atoms with Crippen LogP contribution in [0.2, 0.25) is 0 Å². The first-order valence-corrected chi connectivity index (χ1v) is 8.80. The number of hydrogen-bond donors (Lipinski definition) is 2. The Morgan fingerprint density at radius 2 is 2.32 bits per heavy atom. The van der Waals surface area contributed by atoms with Gasteiger partial charge in [-0.25, -0.2) is 19.0 Å². The molecule has 8 nitrogen and oxygen atoms in total. The number of amidine groups is 1. The van der Waals surface area contributed by atoms with Gasteiger partial charge in [-0.3, -0.25) is 10.7 Å². The van der Waals surface area contributed by atoms with Gasteiger partial charge in [-0.05, 0) is 44.4 Å². The molecule has 25 heavy (non-hydrogen) atoms. The summed E-state index contributed by atoms with van der Waals surface area (Å²) in [5.74, 6) is 0.333. The number of halogens is 2. The molecule has 3 aromatic rings. The number of nitrogens with zero attached hydrogens (tertiary/aromatic N) is 5. The van der Waals surface area contributed by atoms with Crippen molar-refractivity contribution in [2.75, 3.05) is 5.75 Å². The summed E-state index contributed by atoms with van der Waals surface area (Å²) in [7, 11) is 0. The monoisotopic (exact) mass is 426 g/mol. The molecule has 130 valence electrons. The molecule has 11 heteroatoms. The predicted molar refractivity (Wildman–Crippen MR) is 92.5 cm³/mol. The van der Waals surface area contributed by atoms with E-state index in [9.17, 15) is 9.60 Å². The van der Waals surface area contributed by atoms with Crippen LogP contribution in [0.25, 0.3) is 0 Å². The van der Waals surface area contributed by atoms with Crippen molar-refractivity contribution in [3.05, 3.63) is 52.9 Å². The Labute approximate surface area is 154 Å². The van der Waals surface area contributed by atoms with E-state index in [0.29, 0.717) is 16.5 Å². The molecule has 0 aliphatic rings. The zero-order chi connectivity index (χ0) is 17.6. The number of imidazole rings is 1. The van der Waals surface area contributed by atoms with E-state index in [1.807, 2.05) is 16.2 Å². The van der Waals surface area contributed by atoms with Crippen LogP contribution >= 0.6 is 27.7 Å². The summed E-state index contributed by atoms with van der Waals surface area (Å²) >= 11 is 4.48. The molecule has 2 aromatic heterocycles. The van der Waals surface area contributed by atoms with E-state index >= 15 is 0 Å². The number of thioether (sulfide) groups is 1. The number of rotatable bonds is 6. The summed E-state index contributed by atoms with van der Waals surface area (Å²) < 4.78 is 20.2. The van der Waals surface area contributed by atoms with Crippen LogP contribution in [0.5, 0.6) is 0 Å². The fourth-order valence-corrected chi connectivity index (χ4v) is 3.12. The normalized spacial score (nSPS) is 11.7. The van der Waals surface area contributed by atoms with Crippen molar-refractivity contribution in [1.82, 2.24) is 25.3 Å². The Balaban J connectivity index is 1.75. The van der Waals surface area contributed by atoms with Crippen molar-refractivity contribution in [1.29, 1.82) is 0 Å². The first-order valence-electron chi connectivity index (χ1n) is 7.02. The van der Waals surface area contributed by atoms with Crippen LogP contribution in [0.4, 0.5) is 10.1 Å². The first kappa shape index (κ1) is 17.6. The van der Waals surface area contributed by atoms with Crippen molar-refractivity contribution in [2.45, 2.75) is 11.6 Å². The maximum atomic E-state index is 13.3. The Hall–Kier alpha value is -2.24. The lowest BCUT2D eigenvalue weighted by Gasteiger charge is -2.04. The summed E-state index contributed by atoms with van der Waals surface area (Å²) in [5, 5.41) is 17.5. The SMILES string of the molecule is ONC(=Nc1ccc(F)c(Br)c1)c1nonc1SCCn1ccnc1. The molecular weight excluding hydrogens is 415 g/mol. The van der Waals surface area contributed by atoms with Crippen LogP contribution in [0.3, 0.4) is 0 Å². The Morgan fingerprint density at radius 3 is 3.04 bits per heavy atom. The van der Waals surface area contributed by atoms with Gasteiger partial charge in [0.25, 0.3) is 0 Å². The van der Waals surface area contributed by atoms with E-state index in [0.717, 1.165) is 6.54 Å². The van der Waals surface area contributed by atoms with Gasteiger partial charge < -0.3 is 4.57 Å². The molecule has 0 saturated heterocycles. The average molecular weight is 427 g/mol. The molecule has 0 saturated carbocycles. The Bertz CT molecular complexity index is 870. The van der Waals surface area contributed by atoms with E-state index in [1.54, 1.807) is 12.5 Å². The number of hydroxylamine groups is 1. The summed E-state index contributed by atoms with van der Waals surface area (Å²) in [6, 6.07) is 4.21. The minimum Gasteiger partial charge on any atom is -0.337 e. The van der Waals surface area contributed by atoms with Gasteiger partial charge in [-0.2, -0.15) is 0 Å². The van der Waals surface area contributed by atoms with E-state index in [-0.39, 0.29) is 16.0 Å². The van der Waals surface area contributed by atoms with E-state index in [4.69, 9.17) is 4.63 Å². The van der Waals surface area contributed by atoms with Gasteiger partial charge in [-0.1, -0.05) is 11.8 Å².